The molecular formula is C22H26ClFO2. The molecule has 1 unspecified atom stereocenters. The van der Waals surface area contributed by atoms with Crippen molar-refractivity contribution in [3.63, 3.8) is 0 Å². The van der Waals surface area contributed by atoms with Crippen molar-refractivity contribution in [1.82, 2.24) is 0 Å². The predicted octanol–water partition coefficient (Wildman–Crippen LogP) is 6.26. The molecule has 140 valence electrons. The van der Waals surface area contributed by atoms with Crippen molar-refractivity contribution in [2.24, 2.45) is 11.8 Å². The smallest absolute Gasteiger partial charge is 0.309 e. The Balaban J connectivity index is 1.57. The van der Waals surface area contributed by atoms with E-state index in [2.05, 4.69) is 6.58 Å². The summed E-state index contributed by atoms with van der Waals surface area (Å²) < 4.78 is 20.1. The molecule has 0 radical (unpaired) electrons. The van der Waals surface area contributed by atoms with Crippen LogP contribution < -0.4 is 0 Å². The van der Waals surface area contributed by atoms with Crippen LogP contribution in [0.5, 0.6) is 0 Å². The molecule has 0 amide bonds. The fourth-order valence-electron chi connectivity index (χ4n) is 3.91. The molecule has 1 saturated carbocycles. The Morgan fingerprint density at radius 1 is 1.27 bits per heavy atom. The first kappa shape index (κ1) is 19.2. The van der Waals surface area contributed by atoms with Crippen LogP contribution in [-0.4, -0.2) is 12.1 Å². The Labute approximate surface area is 160 Å². The normalized spacial score (nSPS) is 26.1. The largest absolute Gasteiger partial charge is 0.462 e. The molecule has 0 spiro atoms. The van der Waals surface area contributed by atoms with Crippen LogP contribution in [0.3, 0.4) is 0 Å². The number of hydrogen-bond donors (Lipinski definition) is 0. The van der Waals surface area contributed by atoms with Crippen LogP contribution in [0.1, 0.15) is 56.1 Å². The lowest BCUT2D eigenvalue weighted by atomic mass is 9.82. The molecule has 0 aromatic heterocycles. The molecule has 2 nitrogen and oxygen atoms in total. The Morgan fingerprint density at radius 2 is 2.00 bits per heavy atom. The predicted molar refractivity (Wildman–Crippen MR) is 104 cm³/mol. The van der Waals surface area contributed by atoms with E-state index in [4.69, 9.17) is 16.3 Å². The van der Waals surface area contributed by atoms with Gasteiger partial charge in [0.05, 0.1) is 10.9 Å². The van der Waals surface area contributed by atoms with Gasteiger partial charge in [0.25, 0.3) is 0 Å². The van der Waals surface area contributed by atoms with E-state index in [1.165, 1.54) is 0 Å². The summed E-state index contributed by atoms with van der Waals surface area (Å²) in [7, 11) is 0. The molecule has 0 aliphatic heterocycles. The van der Waals surface area contributed by atoms with Gasteiger partial charge in [-0.3, -0.25) is 4.79 Å². The minimum atomic E-state index is -0.354. The molecule has 2 aliphatic carbocycles. The highest BCUT2D eigenvalue weighted by atomic mass is 35.5. The van der Waals surface area contributed by atoms with Gasteiger partial charge in [0.2, 0.25) is 0 Å². The number of allylic oxidation sites excluding steroid dienone is 2. The standard InChI is InChI=1S/C22H26ClFO2/c1-3-15-5-7-17(8-6-15)22(25)26-18-11-9-16(10-12-18)19-13-4-14(2)20(23)21(19)24/h3-4,9,13,15,17-18H,1,5-8,10-12H2,2H3. The average molecular weight is 377 g/mol. The summed E-state index contributed by atoms with van der Waals surface area (Å²) in [5.41, 5.74) is 2.25. The molecule has 4 heteroatoms. The van der Waals surface area contributed by atoms with E-state index >= 15 is 0 Å². The molecule has 0 saturated heterocycles. The zero-order valence-corrected chi connectivity index (χ0v) is 16.0. The van der Waals surface area contributed by atoms with Crippen LogP contribution in [0, 0.1) is 24.6 Å². The molecule has 1 atom stereocenters. The van der Waals surface area contributed by atoms with Gasteiger partial charge in [0, 0.05) is 12.0 Å². The fourth-order valence-corrected chi connectivity index (χ4v) is 4.07. The van der Waals surface area contributed by atoms with E-state index in [1.54, 1.807) is 13.0 Å². The van der Waals surface area contributed by atoms with Crippen molar-refractivity contribution >= 4 is 23.1 Å². The lowest BCUT2D eigenvalue weighted by Gasteiger charge is -2.28. The summed E-state index contributed by atoms with van der Waals surface area (Å²) in [5.74, 6) is 0.131. The SMILES string of the molecule is C=CC1CCC(C(=O)OC2CC=C(c3ccc(C)c(Cl)c3F)CC2)CC1. The van der Waals surface area contributed by atoms with Crippen LogP contribution in [0.15, 0.2) is 30.9 Å². The lowest BCUT2D eigenvalue weighted by molar-refractivity contribution is -0.155. The molecule has 0 bridgehead atoms. The van der Waals surface area contributed by atoms with Gasteiger partial charge in [0.1, 0.15) is 11.9 Å². The number of benzene rings is 1. The lowest BCUT2D eigenvalue weighted by Crippen LogP contribution is -2.28. The summed E-state index contributed by atoms with van der Waals surface area (Å²) in [6, 6.07) is 3.63. The van der Waals surface area contributed by atoms with Crippen LogP contribution in [0.2, 0.25) is 5.02 Å². The molecule has 1 aromatic rings. The second-order valence-corrected chi connectivity index (χ2v) is 7.85. The Hall–Kier alpha value is -1.61. The zero-order chi connectivity index (χ0) is 18.7. The zero-order valence-electron chi connectivity index (χ0n) is 15.3. The quantitative estimate of drug-likeness (QED) is 0.458. The van der Waals surface area contributed by atoms with E-state index in [9.17, 15) is 9.18 Å². The highest BCUT2D eigenvalue weighted by Gasteiger charge is 2.29. The van der Waals surface area contributed by atoms with Gasteiger partial charge in [-0.05, 0) is 62.5 Å². The van der Waals surface area contributed by atoms with Gasteiger partial charge in [-0.15, -0.1) is 6.58 Å². The molecule has 1 aromatic carbocycles. The molecule has 3 rings (SSSR count). The van der Waals surface area contributed by atoms with Crippen molar-refractivity contribution < 1.29 is 13.9 Å². The first-order valence-corrected chi connectivity index (χ1v) is 9.84. The van der Waals surface area contributed by atoms with E-state index in [-0.39, 0.29) is 28.8 Å². The van der Waals surface area contributed by atoms with Gasteiger partial charge in [-0.25, -0.2) is 4.39 Å². The van der Waals surface area contributed by atoms with Crippen molar-refractivity contribution in [3.8, 4) is 0 Å². The van der Waals surface area contributed by atoms with Crippen LogP contribution >= 0.6 is 11.6 Å². The maximum absolute atomic E-state index is 14.4. The number of carbonyl (C=O) groups is 1. The number of esters is 1. The Bertz CT molecular complexity index is 717. The van der Waals surface area contributed by atoms with Crippen LogP contribution in [0.4, 0.5) is 4.39 Å². The maximum Gasteiger partial charge on any atom is 0.309 e. The monoisotopic (exact) mass is 376 g/mol. The highest BCUT2D eigenvalue weighted by Crippen LogP contribution is 2.35. The van der Waals surface area contributed by atoms with Crippen molar-refractivity contribution in [3.05, 3.63) is 52.8 Å². The minimum Gasteiger partial charge on any atom is -0.462 e. The van der Waals surface area contributed by atoms with Crippen LogP contribution in [0.25, 0.3) is 5.57 Å². The highest BCUT2D eigenvalue weighted by molar-refractivity contribution is 6.31. The summed E-state index contributed by atoms with van der Waals surface area (Å²) in [5, 5.41) is 0.187. The second kappa shape index (κ2) is 8.39. The first-order valence-electron chi connectivity index (χ1n) is 9.46. The first-order chi connectivity index (χ1) is 12.5. The van der Waals surface area contributed by atoms with Crippen molar-refractivity contribution in [2.45, 2.75) is 58.0 Å². The summed E-state index contributed by atoms with van der Waals surface area (Å²) in [6.45, 7) is 5.63. The maximum atomic E-state index is 14.4. The number of rotatable bonds is 4. The third kappa shape index (κ3) is 4.20. The van der Waals surface area contributed by atoms with Crippen molar-refractivity contribution in [1.29, 1.82) is 0 Å². The van der Waals surface area contributed by atoms with Crippen LogP contribution in [-0.2, 0) is 9.53 Å². The Kier molecular flexibility index (Phi) is 6.18. The fraction of sp³-hybridized carbons (Fsp3) is 0.500. The molecular weight excluding hydrogens is 351 g/mol. The van der Waals surface area contributed by atoms with E-state index in [0.29, 0.717) is 24.3 Å². The number of ether oxygens (including phenoxy) is 1. The van der Waals surface area contributed by atoms with E-state index < -0.39 is 0 Å². The second-order valence-electron chi connectivity index (χ2n) is 7.47. The topological polar surface area (TPSA) is 26.3 Å². The van der Waals surface area contributed by atoms with E-state index in [1.807, 2.05) is 18.2 Å². The molecule has 0 N–H and O–H groups in total. The third-order valence-electron chi connectivity index (χ3n) is 5.71. The average Bonchev–Trinajstić information content (AvgIpc) is 2.67. The number of aryl methyl sites for hydroxylation is 1. The summed E-state index contributed by atoms with van der Waals surface area (Å²) >= 11 is 6.03. The van der Waals surface area contributed by atoms with Gasteiger partial charge in [0.15, 0.2) is 0 Å². The number of halogens is 2. The molecule has 1 fully saturated rings. The molecule has 0 heterocycles. The van der Waals surface area contributed by atoms with Gasteiger partial charge >= 0.3 is 5.97 Å². The van der Waals surface area contributed by atoms with Crippen molar-refractivity contribution in [2.75, 3.05) is 0 Å². The third-order valence-corrected chi connectivity index (χ3v) is 6.17. The number of hydrogen-bond acceptors (Lipinski definition) is 2. The van der Waals surface area contributed by atoms with Gasteiger partial charge in [-0.2, -0.15) is 0 Å². The minimum absolute atomic E-state index is 0.0185. The molecule has 2 aliphatic rings. The van der Waals surface area contributed by atoms with Gasteiger partial charge in [-0.1, -0.05) is 35.9 Å². The van der Waals surface area contributed by atoms with E-state index in [0.717, 1.165) is 43.2 Å². The number of carbonyl (C=O) groups excluding carboxylic acids is 1. The van der Waals surface area contributed by atoms with Gasteiger partial charge < -0.3 is 4.74 Å². The summed E-state index contributed by atoms with van der Waals surface area (Å²) in [6.07, 6.45) is 9.73. The summed E-state index contributed by atoms with van der Waals surface area (Å²) in [4.78, 5) is 12.4. The Morgan fingerprint density at radius 3 is 2.62 bits per heavy atom. The molecule has 26 heavy (non-hydrogen) atoms.